The van der Waals surface area contributed by atoms with Crippen LogP contribution in [0.3, 0.4) is 0 Å². The van der Waals surface area contributed by atoms with Gasteiger partial charge in [0.2, 0.25) is 10.0 Å². The molecule has 1 atom stereocenters. The number of aliphatic imine (C=N–C) groups is 1. The summed E-state index contributed by atoms with van der Waals surface area (Å²) in [4.78, 5) is 8.07. The van der Waals surface area contributed by atoms with Gasteiger partial charge in [0.25, 0.3) is 0 Å². The summed E-state index contributed by atoms with van der Waals surface area (Å²) < 4.78 is 37.9. The lowest BCUT2D eigenvalue weighted by molar-refractivity contribution is 0.213. The van der Waals surface area contributed by atoms with Crippen LogP contribution in [0.4, 0.5) is 0 Å². The number of hydrogen-bond acceptors (Lipinski definition) is 6. The number of benzene rings is 1. The fourth-order valence-electron chi connectivity index (χ4n) is 2.39. The molecule has 10 heteroatoms. The van der Waals surface area contributed by atoms with Crippen LogP contribution in [0.2, 0.25) is 0 Å². The number of guanidine groups is 1. The minimum atomic E-state index is -3.58. The third-order valence-corrected chi connectivity index (χ3v) is 5.28. The van der Waals surface area contributed by atoms with Gasteiger partial charge >= 0.3 is 0 Å². The summed E-state index contributed by atoms with van der Waals surface area (Å²) in [5, 5.41) is 6.19. The first kappa shape index (κ1) is 22.4. The van der Waals surface area contributed by atoms with E-state index in [0.29, 0.717) is 30.5 Å². The number of nitrogens with one attached hydrogen (secondary N) is 3. The van der Waals surface area contributed by atoms with Crippen molar-refractivity contribution in [3.05, 3.63) is 48.8 Å². The summed E-state index contributed by atoms with van der Waals surface area (Å²) in [5.41, 5.74) is 0. The molecule has 1 heterocycles. The summed E-state index contributed by atoms with van der Waals surface area (Å²) in [6.45, 7) is 2.99. The molecule has 0 amide bonds. The highest BCUT2D eigenvalue weighted by atomic mass is 32.2. The van der Waals surface area contributed by atoms with E-state index >= 15 is 0 Å². The van der Waals surface area contributed by atoms with Crippen molar-refractivity contribution in [3.63, 3.8) is 0 Å². The Morgan fingerprint density at radius 2 is 1.90 bits per heavy atom. The van der Waals surface area contributed by atoms with Crippen LogP contribution >= 0.6 is 0 Å². The van der Waals surface area contributed by atoms with Crippen molar-refractivity contribution in [3.8, 4) is 11.5 Å². The predicted molar refractivity (Wildman–Crippen MR) is 112 cm³/mol. The molecule has 2 aromatic rings. The molecule has 2 rings (SSSR count). The fraction of sp³-hybridized carbons (Fsp3) is 0.368. The quantitative estimate of drug-likeness (QED) is 0.298. The molecular weight excluding hydrogens is 394 g/mol. The van der Waals surface area contributed by atoms with Crippen LogP contribution in [0.1, 0.15) is 6.92 Å². The highest BCUT2D eigenvalue weighted by Gasteiger charge is 2.13. The lowest BCUT2D eigenvalue weighted by Crippen LogP contribution is -2.44. The second-order valence-corrected chi connectivity index (χ2v) is 7.81. The Morgan fingerprint density at radius 3 is 2.55 bits per heavy atom. The molecule has 9 nitrogen and oxygen atoms in total. The maximum atomic E-state index is 12.1. The molecule has 0 aliphatic carbocycles. The monoisotopic (exact) mass is 421 g/mol. The van der Waals surface area contributed by atoms with E-state index in [-0.39, 0.29) is 17.5 Å². The van der Waals surface area contributed by atoms with Crippen molar-refractivity contribution in [1.29, 1.82) is 0 Å². The molecule has 158 valence electrons. The van der Waals surface area contributed by atoms with Crippen LogP contribution in [-0.4, -0.2) is 59.3 Å². The Balaban J connectivity index is 1.74. The van der Waals surface area contributed by atoms with E-state index in [9.17, 15) is 8.42 Å². The first-order valence-electron chi connectivity index (χ1n) is 9.10. The van der Waals surface area contributed by atoms with Crippen LogP contribution in [0.5, 0.6) is 11.5 Å². The van der Waals surface area contributed by atoms with Crippen molar-refractivity contribution >= 4 is 16.0 Å². The van der Waals surface area contributed by atoms with E-state index in [2.05, 4.69) is 25.3 Å². The van der Waals surface area contributed by atoms with Gasteiger partial charge < -0.3 is 20.1 Å². The average Bonchev–Trinajstić information content (AvgIpc) is 2.74. The summed E-state index contributed by atoms with van der Waals surface area (Å²) in [6.07, 6.45) is 2.68. The topological polar surface area (TPSA) is 114 Å². The predicted octanol–water partition coefficient (Wildman–Crippen LogP) is 1.00. The first-order valence-corrected chi connectivity index (χ1v) is 10.6. The molecule has 0 fully saturated rings. The van der Waals surface area contributed by atoms with E-state index in [0.717, 1.165) is 0 Å². The zero-order chi connectivity index (χ0) is 21.1. The van der Waals surface area contributed by atoms with Gasteiger partial charge in [0.1, 0.15) is 11.0 Å². The Labute approximate surface area is 171 Å². The summed E-state index contributed by atoms with van der Waals surface area (Å²) >= 11 is 0. The smallest absolute Gasteiger partial charge is 0.242 e. The maximum Gasteiger partial charge on any atom is 0.242 e. The number of methoxy groups -OCH3 is 1. The minimum absolute atomic E-state index is 0.129. The van der Waals surface area contributed by atoms with Crippen LogP contribution in [0.25, 0.3) is 0 Å². The molecule has 1 aromatic heterocycles. The molecule has 0 saturated carbocycles. The first-order chi connectivity index (χ1) is 14.0. The number of pyridine rings is 1. The normalized spacial score (nSPS) is 12.9. The lowest BCUT2D eigenvalue weighted by atomic mass is 10.3. The average molecular weight is 422 g/mol. The molecule has 1 unspecified atom stereocenters. The van der Waals surface area contributed by atoms with E-state index < -0.39 is 10.0 Å². The van der Waals surface area contributed by atoms with Crippen LogP contribution in [-0.2, 0) is 10.0 Å². The van der Waals surface area contributed by atoms with Crippen LogP contribution in [0.15, 0.2) is 58.7 Å². The van der Waals surface area contributed by atoms with Gasteiger partial charge in [-0.15, -0.1) is 0 Å². The number of nitrogens with zero attached hydrogens (tertiary/aromatic N) is 2. The molecule has 0 saturated heterocycles. The lowest BCUT2D eigenvalue weighted by Gasteiger charge is -2.19. The molecule has 0 bridgehead atoms. The summed E-state index contributed by atoms with van der Waals surface area (Å²) in [6, 6.07) is 10.5. The Bertz CT molecular complexity index is 890. The van der Waals surface area contributed by atoms with E-state index in [1.807, 2.05) is 31.2 Å². The van der Waals surface area contributed by atoms with Crippen molar-refractivity contribution in [1.82, 2.24) is 20.3 Å². The zero-order valence-electron chi connectivity index (χ0n) is 16.8. The Hall–Kier alpha value is -2.85. The van der Waals surface area contributed by atoms with Gasteiger partial charge in [0.15, 0.2) is 17.5 Å². The van der Waals surface area contributed by atoms with Crippen molar-refractivity contribution in [2.45, 2.75) is 17.9 Å². The largest absolute Gasteiger partial charge is 0.493 e. The number of aromatic nitrogens is 1. The van der Waals surface area contributed by atoms with Gasteiger partial charge in [-0.05, 0) is 31.2 Å². The Morgan fingerprint density at radius 1 is 1.14 bits per heavy atom. The van der Waals surface area contributed by atoms with Gasteiger partial charge in [-0.2, -0.15) is 0 Å². The van der Waals surface area contributed by atoms with Gasteiger partial charge in [-0.3, -0.25) is 9.98 Å². The maximum absolute atomic E-state index is 12.1. The number of hydrogen-bond donors (Lipinski definition) is 3. The van der Waals surface area contributed by atoms with Gasteiger partial charge in [-0.1, -0.05) is 12.1 Å². The van der Waals surface area contributed by atoms with Crippen molar-refractivity contribution in [2.24, 2.45) is 4.99 Å². The molecule has 0 radical (unpaired) electrons. The third kappa shape index (κ3) is 7.24. The van der Waals surface area contributed by atoms with Crippen LogP contribution in [0, 0.1) is 0 Å². The number of rotatable bonds is 10. The highest BCUT2D eigenvalue weighted by Crippen LogP contribution is 2.26. The molecular formula is C19H27N5O4S. The van der Waals surface area contributed by atoms with Crippen molar-refractivity contribution in [2.75, 3.05) is 33.8 Å². The second-order valence-electron chi connectivity index (χ2n) is 6.05. The molecule has 0 spiro atoms. The van der Waals surface area contributed by atoms with E-state index in [4.69, 9.17) is 9.47 Å². The summed E-state index contributed by atoms with van der Waals surface area (Å²) in [7, 11) is -0.340. The standard InChI is InChI=1S/C19H27N5O4S/c1-15(28-18-9-5-4-8-17(18)27-3)13-23-19(20-2)22-11-12-24-29(25,26)16-7-6-10-21-14-16/h4-10,14-15,24H,11-13H2,1-3H3,(H2,20,22,23). The number of ether oxygens (including phenoxy) is 2. The fourth-order valence-corrected chi connectivity index (χ4v) is 3.39. The van der Waals surface area contributed by atoms with Gasteiger partial charge in [0, 0.05) is 32.5 Å². The molecule has 3 N–H and O–H groups in total. The highest BCUT2D eigenvalue weighted by molar-refractivity contribution is 7.89. The Kier molecular flexibility index (Phi) is 8.68. The minimum Gasteiger partial charge on any atom is -0.493 e. The third-order valence-electron chi connectivity index (χ3n) is 3.83. The number of para-hydroxylation sites is 2. The number of sulfonamides is 1. The van der Waals surface area contributed by atoms with Gasteiger partial charge in [-0.25, -0.2) is 13.1 Å². The SMILES string of the molecule is CN=C(NCCNS(=O)(=O)c1cccnc1)NCC(C)Oc1ccccc1OC. The van der Waals surface area contributed by atoms with Crippen molar-refractivity contribution < 1.29 is 17.9 Å². The molecule has 29 heavy (non-hydrogen) atoms. The van der Waals surface area contributed by atoms with E-state index in [1.165, 1.54) is 18.5 Å². The van der Waals surface area contributed by atoms with E-state index in [1.54, 1.807) is 20.2 Å². The van der Waals surface area contributed by atoms with Crippen LogP contribution < -0.4 is 24.8 Å². The summed E-state index contributed by atoms with van der Waals surface area (Å²) in [5.74, 6) is 1.88. The second kappa shape index (κ2) is 11.2. The zero-order valence-corrected chi connectivity index (χ0v) is 17.6. The molecule has 0 aliphatic heterocycles. The van der Waals surface area contributed by atoms with Gasteiger partial charge in [0.05, 0.1) is 13.7 Å². The molecule has 1 aromatic carbocycles. The molecule has 0 aliphatic rings.